The molecule has 2 aromatic heterocycles. The summed E-state index contributed by atoms with van der Waals surface area (Å²) in [5.74, 6) is 0.294. The van der Waals surface area contributed by atoms with Gasteiger partial charge in [0, 0.05) is 11.6 Å². The number of amides is 1. The summed E-state index contributed by atoms with van der Waals surface area (Å²) in [6, 6.07) is 23.0. The summed E-state index contributed by atoms with van der Waals surface area (Å²) in [6.45, 7) is 0. The Morgan fingerprint density at radius 1 is 1.07 bits per heavy atom. The number of nitrogens with two attached hydrogens (primary N) is 1. The van der Waals surface area contributed by atoms with Crippen LogP contribution in [0.4, 0.5) is 11.6 Å². The maximum Gasteiger partial charge on any atom is 0.258 e. The van der Waals surface area contributed by atoms with Gasteiger partial charge in [-0.2, -0.15) is 10.4 Å². The zero-order valence-electron chi connectivity index (χ0n) is 15.6. The monoisotopic (exact) mass is 414 g/mol. The van der Waals surface area contributed by atoms with Gasteiger partial charge in [0.15, 0.2) is 5.69 Å². The molecule has 0 aliphatic rings. The highest BCUT2D eigenvalue weighted by molar-refractivity contribution is 6.34. The molecule has 0 aliphatic carbocycles. The lowest BCUT2D eigenvalue weighted by atomic mass is 10.1. The summed E-state index contributed by atoms with van der Waals surface area (Å²) in [4.78, 5) is 17.3. The zero-order valence-corrected chi connectivity index (χ0v) is 16.3. The maximum atomic E-state index is 13.0. The summed E-state index contributed by atoms with van der Waals surface area (Å²) < 4.78 is 1.49. The van der Waals surface area contributed by atoms with Crippen molar-refractivity contribution in [1.29, 1.82) is 5.26 Å². The molecule has 7 nitrogen and oxygen atoms in total. The van der Waals surface area contributed by atoms with Crippen LogP contribution < -0.4 is 11.1 Å². The first-order chi connectivity index (χ1) is 14.5. The number of nitrogen functional groups attached to an aromatic ring is 1. The number of hydrogen-bond donors (Lipinski definition) is 2. The van der Waals surface area contributed by atoms with Crippen LogP contribution in [0.15, 0.2) is 72.8 Å². The molecule has 0 radical (unpaired) electrons. The first-order valence-corrected chi connectivity index (χ1v) is 9.32. The number of rotatable bonds is 4. The third-order valence-electron chi connectivity index (χ3n) is 4.34. The predicted octanol–water partition coefficient (Wildman–Crippen LogP) is 4.29. The lowest BCUT2D eigenvalue weighted by Crippen LogP contribution is -2.15. The van der Waals surface area contributed by atoms with Crippen LogP contribution in [0.2, 0.25) is 5.02 Å². The van der Waals surface area contributed by atoms with Gasteiger partial charge in [-0.15, -0.1) is 0 Å². The number of benzene rings is 2. The molecule has 30 heavy (non-hydrogen) atoms. The number of para-hydroxylation sites is 1. The molecule has 0 saturated carbocycles. The molecule has 0 saturated heterocycles. The molecule has 0 aliphatic heterocycles. The number of aromatic nitrogens is 3. The van der Waals surface area contributed by atoms with E-state index in [1.165, 1.54) is 10.7 Å². The van der Waals surface area contributed by atoms with E-state index in [2.05, 4.69) is 15.4 Å². The minimum atomic E-state index is -0.438. The van der Waals surface area contributed by atoms with E-state index in [-0.39, 0.29) is 16.3 Å². The number of nitrogens with zero attached hydrogens (tertiary/aromatic N) is 4. The molecule has 1 amide bonds. The number of pyridine rings is 1. The molecular formula is C22H15ClN6O. The van der Waals surface area contributed by atoms with Gasteiger partial charge in [-0.1, -0.05) is 41.9 Å². The zero-order chi connectivity index (χ0) is 21.1. The van der Waals surface area contributed by atoms with Crippen LogP contribution in [-0.4, -0.2) is 20.7 Å². The summed E-state index contributed by atoms with van der Waals surface area (Å²) in [7, 11) is 0. The van der Waals surface area contributed by atoms with Gasteiger partial charge in [-0.05, 0) is 36.4 Å². The first-order valence-electron chi connectivity index (χ1n) is 8.94. The van der Waals surface area contributed by atoms with Crippen molar-refractivity contribution >= 4 is 29.1 Å². The summed E-state index contributed by atoms with van der Waals surface area (Å²) in [6.07, 6.45) is 0. The molecule has 146 valence electrons. The molecule has 0 fully saturated rings. The van der Waals surface area contributed by atoms with Crippen molar-refractivity contribution in [2.75, 3.05) is 11.1 Å². The fraction of sp³-hybridized carbons (Fsp3) is 0. The largest absolute Gasteiger partial charge is 0.384 e. The Hall–Kier alpha value is -4.15. The molecule has 8 heteroatoms. The summed E-state index contributed by atoms with van der Waals surface area (Å²) in [5, 5.41) is 16.5. The van der Waals surface area contributed by atoms with Gasteiger partial charge in [-0.3, -0.25) is 4.79 Å². The molecule has 0 atom stereocenters. The molecule has 2 heterocycles. The number of nitriles is 1. The second kappa shape index (κ2) is 8.07. The quantitative estimate of drug-likeness (QED) is 0.517. The number of carbonyl (C=O) groups is 1. The van der Waals surface area contributed by atoms with E-state index in [4.69, 9.17) is 17.3 Å². The molecule has 2 aromatic carbocycles. The number of nitrogens with one attached hydrogen (secondary N) is 1. The highest BCUT2D eigenvalue weighted by Crippen LogP contribution is 2.26. The Labute approximate surface area is 177 Å². The number of anilines is 2. The van der Waals surface area contributed by atoms with Crippen LogP contribution in [0.3, 0.4) is 0 Å². The van der Waals surface area contributed by atoms with Crippen LogP contribution >= 0.6 is 11.6 Å². The lowest BCUT2D eigenvalue weighted by molar-refractivity contribution is 0.102. The summed E-state index contributed by atoms with van der Waals surface area (Å²) in [5.41, 5.74) is 8.23. The van der Waals surface area contributed by atoms with Gasteiger partial charge in [0.1, 0.15) is 17.7 Å². The van der Waals surface area contributed by atoms with Crippen LogP contribution in [0, 0.1) is 11.3 Å². The van der Waals surface area contributed by atoms with E-state index >= 15 is 0 Å². The second-order valence-electron chi connectivity index (χ2n) is 6.37. The van der Waals surface area contributed by atoms with Gasteiger partial charge in [0.2, 0.25) is 0 Å². The highest BCUT2D eigenvalue weighted by Gasteiger charge is 2.17. The SMILES string of the molecule is N#Cc1cc(NC(=O)c2cc(-c3cccc(N)n3)ccc2Cl)n(-c2ccccc2)n1. The van der Waals surface area contributed by atoms with Crippen molar-refractivity contribution in [1.82, 2.24) is 14.8 Å². The Balaban J connectivity index is 1.69. The first kappa shape index (κ1) is 19.2. The van der Waals surface area contributed by atoms with Crippen molar-refractivity contribution in [2.45, 2.75) is 0 Å². The van der Waals surface area contributed by atoms with Crippen molar-refractivity contribution in [3.63, 3.8) is 0 Å². The molecule has 0 unspecified atom stereocenters. The van der Waals surface area contributed by atoms with E-state index in [1.54, 1.807) is 36.4 Å². The fourth-order valence-corrected chi connectivity index (χ4v) is 3.15. The van der Waals surface area contributed by atoms with Gasteiger partial charge < -0.3 is 11.1 Å². The minimum absolute atomic E-state index is 0.179. The molecule has 3 N–H and O–H groups in total. The Bertz CT molecular complexity index is 1280. The lowest BCUT2D eigenvalue weighted by Gasteiger charge is -2.11. The number of halogens is 1. The average Bonchev–Trinajstić information content (AvgIpc) is 3.17. The van der Waals surface area contributed by atoms with Crippen molar-refractivity contribution in [2.24, 2.45) is 0 Å². The summed E-state index contributed by atoms with van der Waals surface area (Å²) >= 11 is 6.28. The fourth-order valence-electron chi connectivity index (χ4n) is 2.95. The Kier molecular flexibility index (Phi) is 5.16. The van der Waals surface area contributed by atoms with Gasteiger partial charge in [0.05, 0.1) is 22.0 Å². The van der Waals surface area contributed by atoms with E-state index in [9.17, 15) is 10.1 Å². The highest BCUT2D eigenvalue weighted by atomic mass is 35.5. The smallest absolute Gasteiger partial charge is 0.258 e. The number of hydrogen-bond acceptors (Lipinski definition) is 5. The molecule has 0 bridgehead atoms. The van der Waals surface area contributed by atoms with E-state index in [0.29, 0.717) is 28.6 Å². The normalized spacial score (nSPS) is 10.4. The van der Waals surface area contributed by atoms with Crippen LogP contribution in [-0.2, 0) is 0 Å². The molecule has 4 rings (SSSR count). The van der Waals surface area contributed by atoms with E-state index in [1.807, 2.05) is 36.4 Å². The number of carbonyl (C=O) groups excluding carboxylic acids is 1. The van der Waals surface area contributed by atoms with Gasteiger partial charge >= 0.3 is 0 Å². The van der Waals surface area contributed by atoms with Gasteiger partial charge in [-0.25, -0.2) is 9.67 Å². The standard InChI is InChI=1S/C22H15ClN6O/c23-18-10-9-14(19-7-4-8-20(25)26-19)11-17(18)22(30)27-21-12-15(13-24)28-29(21)16-5-2-1-3-6-16/h1-12H,(H2,25,26)(H,27,30). The van der Waals surface area contributed by atoms with Crippen molar-refractivity contribution in [3.8, 4) is 23.0 Å². The third-order valence-corrected chi connectivity index (χ3v) is 4.67. The topological polar surface area (TPSA) is 110 Å². The molecule has 4 aromatic rings. The van der Waals surface area contributed by atoms with Crippen molar-refractivity contribution in [3.05, 3.63) is 89.1 Å². The van der Waals surface area contributed by atoms with E-state index < -0.39 is 5.91 Å². The minimum Gasteiger partial charge on any atom is -0.384 e. The Morgan fingerprint density at radius 2 is 1.87 bits per heavy atom. The van der Waals surface area contributed by atoms with Crippen LogP contribution in [0.1, 0.15) is 16.1 Å². The predicted molar refractivity (Wildman–Crippen MR) is 115 cm³/mol. The van der Waals surface area contributed by atoms with E-state index in [0.717, 1.165) is 0 Å². The molecular weight excluding hydrogens is 400 g/mol. The van der Waals surface area contributed by atoms with Crippen LogP contribution in [0.25, 0.3) is 16.9 Å². The maximum absolute atomic E-state index is 13.0. The van der Waals surface area contributed by atoms with Crippen molar-refractivity contribution < 1.29 is 4.79 Å². The van der Waals surface area contributed by atoms with Gasteiger partial charge in [0.25, 0.3) is 5.91 Å². The second-order valence-corrected chi connectivity index (χ2v) is 6.78. The average molecular weight is 415 g/mol. The Morgan fingerprint density at radius 3 is 2.60 bits per heavy atom. The van der Waals surface area contributed by atoms with Crippen LogP contribution in [0.5, 0.6) is 0 Å². The third kappa shape index (κ3) is 3.85. The molecule has 0 spiro atoms.